The van der Waals surface area contributed by atoms with E-state index in [1.807, 2.05) is 18.7 Å². The summed E-state index contributed by atoms with van der Waals surface area (Å²) in [6.07, 6.45) is 2.21. The lowest BCUT2D eigenvalue weighted by Gasteiger charge is -2.30. The van der Waals surface area contributed by atoms with Crippen molar-refractivity contribution < 1.29 is 4.79 Å². The van der Waals surface area contributed by atoms with Gasteiger partial charge in [-0.1, -0.05) is 29.8 Å². The summed E-state index contributed by atoms with van der Waals surface area (Å²) in [5.41, 5.74) is 0. The predicted molar refractivity (Wildman–Crippen MR) is 62.6 cm³/mol. The molecule has 2 atom stereocenters. The van der Waals surface area contributed by atoms with Crippen LogP contribution in [0.25, 0.3) is 0 Å². The molecular formula is C11H20BrNO. The van der Waals surface area contributed by atoms with Crippen molar-refractivity contribution in [2.24, 2.45) is 5.92 Å². The van der Waals surface area contributed by atoms with Crippen molar-refractivity contribution in [3.8, 4) is 0 Å². The van der Waals surface area contributed by atoms with Gasteiger partial charge in [0, 0.05) is 12.6 Å². The zero-order valence-corrected chi connectivity index (χ0v) is 11.1. The summed E-state index contributed by atoms with van der Waals surface area (Å²) in [7, 11) is 0. The number of alkyl halides is 1. The minimum Gasteiger partial charge on any atom is -0.338 e. The molecule has 1 aliphatic heterocycles. The van der Waals surface area contributed by atoms with Gasteiger partial charge in [-0.25, -0.2) is 0 Å². The Morgan fingerprint density at radius 2 is 2.14 bits per heavy atom. The Hall–Kier alpha value is -0.0500. The Morgan fingerprint density at radius 3 is 2.57 bits per heavy atom. The first-order valence-electron chi connectivity index (χ1n) is 5.38. The van der Waals surface area contributed by atoms with E-state index in [0.717, 1.165) is 19.4 Å². The molecule has 82 valence electrons. The van der Waals surface area contributed by atoms with Gasteiger partial charge in [-0.05, 0) is 32.6 Å². The molecule has 1 heterocycles. The fraction of sp³-hybridized carbons (Fsp3) is 0.909. The first-order chi connectivity index (χ1) is 6.38. The first kappa shape index (κ1) is 12.0. The van der Waals surface area contributed by atoms with Gasteiger partial charge in [0.05, 0.1) is 4.32 Å². The van der Waals surface area contributed by atoms with Crippen LogP contribution in [-0.2, 0) is 4.79 Å². The maximum atomic E-state index is 12.1. The van der Waals surface area contributed by atoms with E-state index in [0.29, 0.717) is 12.0 Å². The number of nitrogens with zero attached hydrogens (tertiary/aromatic N) is 1. The highest BCUT2D eigenvalue weighted by atomic mass is 79.9. The molecule has 0 aliphatic carbocycles. The normalized spacial score (nSPS) is 28.2. The number of halogens is 1. The number of likely N-dealkylation sites (tertiary alicyclic amines) is 1. The molecule has 2 unspecified atom stereocenters. The van der Waals surface area contributed by atoms with E-state index in [1.165, 1.54) is 0 Å². The van der Waals surface area contributed by atoms with Crippen molar-refractivity contribution in [3.63, 3.8) is 0 Å². The molecule has 14 heavy (non-hydrogen) atoms. The standard InChI is InChI=1S/C11H20BrNO/c1-5-9-8(2)6-7-13(9)10(14)11(3,4)12/h8-9H,5-7H2,1-4H3. The molecule has 0 N–H and O–H groups in total. The molecule has 1 saturated heterocycles. The molecule has 0 aromatic heterocycles. The van der Waals surface area contributed by atoms with E-state index < -0.39 is 4.32 Å². The molecule has 0 bridgehead atoms. The maximum Gasteiger partial charge on any atom is 0.239 e. The van der Waals surface area contributed by atoms with Crippen molar-refractivity contribution in [2.75, 3.05) is 6.54 Å². The quantitative estimate of drug-likeness (QED) is 0.701. The highest BCUT2D eigenvalue weighted by molar-refractivity contribution is 9.10. The largest absolute Gasteiger partial charge is 0.338 e. The molecule has 1 aliphatic rings. The highest BCUT2D eigenvalue weighted by Gasteiger charge is 2.38. The van der Waals surface area contributed by atoms with Crippen LogP contribution in [0, 0.1) is 5.92 Å². The van der Waals surface area contributed by atoms with Gasteiger partial charge in [0.2, 0.25) is 5.91 Å². The van der Waals surface area contributed by atoms with Gasteiger partial charge >= 0.3 is 0 Å². The third kappa shape index (κ3) is 2.30. The summed E-state index contributed by atoms with van der Waals surface area (Å²) in [4.78, 5) is 14.1. The van der Waals surface area contributed by atoms with Gasteiger partial charge < -0.3 is 4.90 Å². The minimum absolute atomic E-state index is 0.230. The molecule has 1 fully saturated rings. The van der Waals surface area contributed by atoms with Gasteiger partial charge in [0.25, 0.3) is 0 Å². The summed E-state index contributed by atoms with van der Waals surface area (Å²) in [5.74, 6) is 0.882. The third-order valence-corrected chi connectivity index (χ3v) is 3.41. The SMILES string of the molecule is CCC1C(C)CCN1C(=O)C(C)(C)Br. The second kappa shape index (κ2) is 4.21. The van der Waals surface area contributed by atoms with Crippen LogP contribution in [-0.4, -0.2) is 27.7 Å². The summed E-state index contributed by atoms with van der Waals surface area (Å²) >= 11 is 3.44. The third-order valence-electron chi connectivity index (χ3n) is 3.07. The number of rotatable bonds is 2. The number of carbonyl (C=O) groups excluding carboxylic acids is 1. The van der Waals surface area contributed by atoms with Crippen LogP contribution in [0.1, 0.15) is 40.5 Å². The average molecular weight is 262 g/mol. The van der Waals surface area contributed by atoms with Crippen LogP contribution in [0.5, 0.6) is 0 Å². The molecular weight excluding hydrogens is 242 g/mol. The lowest BCUT2D eigenvalue weighted by atomic mass is 10.0. The first-order valence-corrected chi connectivity index (χ1v) is 6.17. The van der Waals surface area contributed by atoms with Gasteiger partial charge in [-0.2, -0.15) is 0 Å². The highest BCUT2D eigenvalue weighted by Crippen LogP contribution is 2.30. The van der Waals surface area contributed by atoms with Crippen molar-refractivity contribution >= 4 is 21.8 Å². The van der Waals surface area contributed by atoms with Crippen LogP contribution >= 0.6 is 15.9 Å². The van der Waals surface area contributed by atoms with Crippen LogP contribution in [0.2, 0.25) is 0 Å². The fourth-order valence-electron chi connectivity index (χ4n) is 2.22. The number of hydrogen-bond acceptors (Lipinski definition) is 1. The second-order valence-electron chi connectivity index (χ2n) is 4.71. The van der Waals surface area contributed by atoms with E-state index in [-0.39, 0.29) is 5.91 Å². The maximum absolute atomic E-state index is 12.1. The fourth-order valence-corrected chi connectivity index (χ4v) is 2.45. The van der Waals surface area contributed by atoms with E-state index in [9.17, 15) is 4.79 Å². The van der Waals surface area contributed by atoms with E-state index in [2.05, 4.69) is 29.8 Å². The molecule has 0 spiro atoms. The molecule has 0 saturated carbocycles. The Balaban J connectivity index is 2.74. The van der Waals surface area contributed by atoms with Crippen molar-refractivity contribution in [1.82, 2.24) is 4.90 Å². The molecule has 0 aromatic rings. The zero-order chi connectivity index (χ0) is 10.9. The zero-order valence-electron chi connectivity index (χ0n) is 9.51. The van der Waals surface area contributed by atoms with Crippen LogP contribution < -0.4 is 0 Å². The Morgan fingerprint density at radius 1 is 1.57 bits per heavy atom. The summed E-state index contributed by atoms with van der Waals surface area (Å²) in [6, 6.07) is 0.444. The average Bonchev–Trinajstić information content (AvgIpc) is 2.43. The minimum atomic E-state index is -0.412. The van der Waals surface area contributed by atoms with Crippen LogP contribution in [0.15, 0.2) is 0 Å². The molecule has 1 amide bonds. The molecule has 2 nitrogen and oxygen atoms in total. The van der Waals surface area contributed by atoms with Crippen molar-refractivity contribution in [2.45, 2.75) is 50.9 Å². The Bertz CT molecular complexity index is 222. The lowest BCUT2D eigenvalue weighted by Crippen LogP contribution is -2.45. The second-order valence-corrected chi connectivity index (χ2v) is 6.70. The number of hydrogen-bond donors (Lipinski definition) is 0. The van der Waals surface area contributed by atoms with Crippen molar-refractivity contribution in [3.05, 3.63) is 0 Å². The van der Waals surface area contributed by atoms with E-state index in [1.54, 1.807) is 0 Å². The molecule has 3 heteroatoms. The molecule has 0 radical (unpaired) electrons. The topological polar surface area (TPSA) is 20.3 Å². The lowest BCUT2D eigenvalue weighted by molar-refractivity contribution is -0.133. The van der Waals surface area contributed by atoms with Crippen molar-refractivity contribution in [1.29, 1.82) is 0 Å². The van der Waals surface area contributed by atoms with Gasteiger partial charge in [0.15, 0.2) is 0 Å². The molecule has 0 aromatic carbocycles. The van der Waals surface area contributed by atoms with Gasteiger partial charge in [-0.3, -0.25) is 4.79 Å². The molecule has 1 rings (SSSR count). The Kier molecular flexibility index (Phi) is 3.62. The summed E-state index contributed by atoms with van der Waals surface area (Å²) < 4.78 is -0.412. The van der Waals surface area contributed by atoms with E-state index >= 15 is 0 Å². The van der Waals surface area contributed by atoms with Gasteiger partial charge in [0.1, 0.15) is 0 Å². The Labute approximate surface area is 95.2 Å². The predicted octanol–water partition coefficient (Wildman–Crippen LogP) is 2.81. The van der Waals surface area contributed by atoms with Crippen LogP contribution in [0.3, 0.4) is 0 Å². The summed E-state index contributed by atoms with van der Waals surface area (Å²) in [6.45, 7) is 9.17. The monoisotopic (exact) mass is 261 g/mol. The number of carbonyl (C=O) groups is 1. The van der Waals surface area contributed by atoms with E-state index in [4.69, 9.17) is 0 Å². The van der Waals surface area contributed by atoms with Gasteiger partial charge in [-0.15, -0.1) is 0 Å². The smallest absolute Gasteiger partial charge is 0.239 e. The summed E-state index contributed by atoms with van der Waals surface area (Å²) in [5, 5.41) is 0. The number of amides is 1. The van der Waals surface area contributed by atoms with Crippen LogP contribution in [0.4, 0.5) is 0 Å².